The van der Waals surface area contributed by atoms with E-state index in [0.717, 1.165) is 28.0 Å². The number of nitrogens with one attached hydrogen (secondary N) is 1. The molecule has 196 valence electrons. The largest absolute Gasteiger partial charge is 0.464 e. The number of benzene rings is 1. The number of ether oxygens (including phenoxy) is 2. The molecule has 0 fully saturated rings. The fourth-order valence-corrected chi connectivity index (χ4v) is 4.23. The molecule has 36 heavy (non-hydrogen) atoms. The number of aryl methyl sites for hydroxylation is 2. The highest BCUT2D eigenvalue weighted by Crippen LogP contribution is 2.29. The smallest absolute Gasteiger partial charge is 0.325 e. The van der Waals surface area contributed by atoms with Crippen molar-refractivity contribution in [2.45, 2.75) is 59.4 Å². The van der Waals surface area contributed by atoms with Gasteiger partial charge < -0.3 is 23.7 Å². The molecule has 0 radical (unpaired) electrons. The predicted molar refractivity (Wildman–Crippen MR) is 140 cm³/mol. The minimum absolute atomic E-state index is 0.0213. The van der Waals surface area contributed by atoms with E-state index in [1.807, 2.05) is 38.1 Å². The summed E-state index contributed by atoms with van der Waals surface area (Å²) < 4.78 is 14.5. The fraction of sp³-hybridized carbons (Fsp3) is 0.519. The number of aromatic nitrogens is 3. The van der Waals surface area contributed by atoms with Gasteiger partial charge in [0.05, 0.1) is 36.4 Å². The number of nitrogens with zero attached hydrogens (tertiary/aromatic N) is 3. The molecular weight excluding hydrogens is 460 g/mol. The molecule has 0 unspecified atom stereocenters. The van der Waals surface area contributed by atoms with Crippen LogP contribution >= 0.6 is 0 Å². The van der Waals surface area contributed by atoms with Crippen molar-refractivity contribution in [1.29, 1.82) is 0 Å². The van der Waals surface area contributed by atoms with E-state index in [2.05, 4.69) is 16.8 Å². The Balaban J connectivity index is 1.97. The fourth-order valence-electron chi connectivity index (χ4n) is 4.23. The number of imidazole rings is 1. The second-order valence-corrected chi connectivity index (χ2v) is 9.88. The predicted octanol–water partition coefficient (Wildman–Crippen LogP) is 2.96. The van der Waals surface area contributed by atoms with Crippen LogP contribution < -0.4 is 10.9 Å². The number of hydrogen-bond acceptors (Lipinski definition) is 7. The van der Waals surface area contributed by atoms with Crippen LogP contribution in [0, 0.1) is 12.8 Å². The number of aliphatic hydroxyl groups excluding tert-OH is 1. The van der Waals surface area contributed by atoms with Crippen molar-refractivity contribution in [3.05, 3.63) is 51.9 Å². The second-order valence-electron chi connectivity index (χ2n) is 9.88. The van der Waals surface area contributed by atoms with E-state index in [0.29, 0.717) is 25.3 Å². The summed E-state index contributed by atoms with van der Waals surface area (Å²) in [6.45, 7) is 10.5. The van der Waals surface area contributed by atoms with E-state index in [1.165, 1.54) is 0 Å². The van der Waals surface area contributed by atoms with Gasteiger partial charge in [0.1, 0.15) is 11.9 Å². The molecule has 9 nitrogen and oxygen atoms in total. The number of fused-ring (bicyclic) bond motifs is 1. The van der Waals surface area contributed by atoms with Crippen molar-refractivity contribution >= 4 is 17.0 Å². The third-order valence-electron chi connectivity index (χ3n) is 6.04. The number of methoxy groups -OCH3 is 1. The van der Waals surface area contributed by atoms with Crippen LogP contribution in [-0.4, -0.2) is 57.7 Å². The molecule has 0 aliphatic carbocycles. The molecule has 2 N–H and O–H groups in total. The van der Waals surface area contributed by atoms with Gasteiger partial charge in [-0.05, 0) is 50.5 Å². The van der Waals surface area contributed by atoms with Gasteiger partial charge in [0, 0.05) is 38.0 Å². The zero-order chi connectivity index (χ0) is 26.6. The highest BCUT2D eigenvalue weighted by atomic mass is 16.5. The van der Waals surface area contributed by atoms with Gasteiger partial charge in [-0.25, -0.2) is 4.98 Å². The molecule has 0 bridgehead atoms. The second kappa shape index (κ2) is 11.8. The lowest BCUT2D eigenvalue weighted by molar-refractivity contribution is -0.150. The van der Waals surface area contributed by atoms with Gasteiger partial charge in [-0.3, -0.25) is 14.9 Å². The van der Waals surface area contributed by atoms with Crippen LogP contribution in [0.25, 0.3) is 22.4 Å². The highest BCUT2D eigenvalue weighted by molar-refractivity contribution is 5.82. The Morgan fingerprint density at radius 3 is 2.50 bits per heavy atom. The monoisotopic (exact) mass is 498 g/mol. The average molecular weight is 499 g/mol. The molecule has 9 heteroatoms. The van der Waals surface area contributed by atoms with Gasteiger partial charge in [-0.1, -0.05) is 19.9 Å². The molecule has 0 saturated heterocycles. The molecular formula is C27H38N4O5. The van der Waals surface area contributed by atoms with Crippen LogP contribution in [0.3, 0.4) is 0 Å². The SMILES string of the molecule is COC[C@H](C)n1c(-c2cc(C)c(=O)n(C)c2)nc2ccc(CN[C@H](C(=O)OCC(C)C)[C@H](C)O)cc21. The Morgan fingerprint density at radius 2 is 1.89 bits per heavy atom. The number of rotatable bonds is 11. The van der Waals surface area contributed by atoms with Crippen LogP contribution in [0.4, 0.5) is 0 Å². The van der Waals surface area contributed by atoms with E-state index in [1.54, 1.807) is 38.8 Å². The number of carbonyl (C=O) groups is 1. The maximum Gasteiger partial charge on any atom is 0.325 e. The molecule has 1 aromatic carbocycles. The molecule has 3 atom stereocenters. The van der Waals surface area contributed by atoms with Gasteiger partial charge in [-0.15, -0.1) is 0 Å². The van der Waals surface area contributed by atoms with Crippen LogP contribution in [0.1, 0.15) is 44.9 Å². The molecule has 0 aliphatic rings. The molecule has 0 spiro atoms. The summed E-state index contributed by atoms with van der Waals surface area (Å²) in [7, 11) is 3.40. The lowest BCUT2D eigenvalue weighted by Gasteiger charge is -2.21. The Morgan fingerprint density at radius 1 is 1.17 bits per heavy atom. The normalized spacial score (nSPS) is 14.2. The third kappa shape index (κ3) is 6.21. The van der Waals surface area contributed by atoms with Crippen molar-refractivity contribution in [2.24, 2.45) is 13.0 Å². The summed E-state index contributed by atoms with van der Waals surface area (Å²) in [4.78, 5) is 29.6. The Labute approximate surface area is 212 Å². The van der Waals surface area contributed by atoms with E-state index >= 15 is 0 Å². The molecule has 2 aromatic heterocycles. The molecule has 2 heterocycles. The van der Waals surface area contributed by atoms with Crippen molar-refractivity contribution < 1.29 is 19.4 Å². The summed E-state index contributed by atoms with van der Waals surface area (Å²) in [5.74, 6) is 0.494. The molecule has 3 rings (SSSR count). The summed E-state index contributed by atoms with van der Waals surface area (Å²) in [5, 5.41) is 13.3. The Hall–Kier alpha value is -3.01. The maximum absolute atomic E-state index is 12.5. The number of hydrogen-bond donors (Lipinski definition) is 2. The topological polar surface area (TPSA) is 108 Å². The highest BCUT2D eigenvalue weighted by Gasteiger charge is 2.25. The van der Waals surface area contributed by atoms with Crippen molar-refractivity contribution in [2.75, 3.05) is 20.3 Å². The van der Waals surface area contributed by atoms with Crippen LogP contribution in [0.15, 0.2) is 35.3 Å². The first kappa shape index (κ1) is 27.6. The molecule has 0 saturated carbocycles. The van der Waals surface area contributed by atoms with Gasteiger partial charge in [0.2, 0.25) is 0 Å². The maximum atomic E-state index is 12.5. The molecule has 3 aromatic rings. The number of aliphatic hydroxyl groups is 1. The molecule has 0 aliphatic heterocycles. The first-order chi connectivity index (χ1) is 17.0. The standard InChI is InChI=1S/C27H38N4O5/c1-16(2)14-36-27(34)24(19(5)32)28-12-20-8-9-22-23(11-20)31(18(4)15-35-7)25(29-22)21-10-17(3)26(33)30(6)13-21/h8-11,13,16,18-19,24,28,32H,12,14-15H2,1-7H3/t18-,19-,24-/m0/s1. The van der Waals surface area contributed by atoms with E-state index in [9.17, 15) is 14.7 Å². The lowest BCUT2D eigenvalue weighted by atomic mass is 10.1. The average Bonchev–Trinajstić information content (AvgIpc) is 3.20. The number of esters is 1. The van der Waals surface area contributed by atoms with Gasteiger partial charge >= 0.3 is 5.97 Å². The van der Waals surface area contributed by atoms with Gasteiger partial charge in [0.15, 0.2) is 0 Å². The first-order valence-corrected chi connectivity index (χ1v) is 12.3. The molecule has 0 amide bonds. The Bertz CT molecular complexity index is 1230. The zero-order valence-corrected chi connectivity index (χ0v) is 22.2. The van der Waals surface area contributed by atoms with E-state index < -0.39 is 18.1 Å². The van der Waals surface area contributed by atoms with Crippen LogP contribution in [0.5, 0.6) is 0 Å². The van der Waals surface area contributed by atoms with Gasteiger partial charge in [0.25, 0.3) is 5.56 Å². The summed E-state index contributed by atoms with van der Waals surface area (Å²) in [6.07, 6.45) is 0.894. The summed E-state index contributed by atoms with van der Waals surface area (Å²) in [5.41, 5.74) is 4.10. The third-order valence-corrected chi connectivity index (χ3v) is 6.04. The Kier molecular flexibility index (Phi) is 9.05. The quantitative estimate of drug-likeness (QED) is 0.391. The number of carbonyl (C=O) groups excluding carboxylic acids is 1. The zero-order valence-electron chi connectivity index (χ0n) is 22.2. The van der Waals surface area contributed by atoms with Gasteiger partial charge in [-0.2, -0.15) is 0 Å². The first-order valence-electron chi connectivity index (χ1n) is 12.3. The minimum Gasteiger partial charge on any atom is -0.464 e. The van der Waals surface area contributed by atoms with E-state index in [-0.39, 0.29) is 17.5 Å². The van der Waals surface area contributed by atoms with Crippen molar-refractivity contribution in [3.8, 4) is 11.4 Å². The van der Waals surface area contributed by atoms with Crippen molar-refractivity contribution in [3.63, 3.8) is 0 Å². The van der Waals surface area contributed by atoms with Crippen molar-refractivity contribution in [1.82, 2.24) is 19.4 Å². The van der Waals surface area contributed by atoms with Crippen LogP contribution in [0.2, 0.25) is 0 Å². The number of pyridine rings is 1. The van der Waals surface area contributed by atoms with Crippen LogP contribution in [-0.2, 0) is 27.9 Å². The minimum atomic E-state index is -0.903. The lowest BCUT2D eigenvalue weighted by Crippen LogP contribution is -2.45. The van der Waals surface area contributed by atoms with E-state index in [4.69, 9.17) is 14.5 Å². The summed E-state index contributed by atoms with van der Waals surface area (Å²) in [6, 6.07) is 6.92. The summed E-state index contributed by atoms with van der Waals surface area (Å²) >= 11 is 0.